The van der Waals surface area contributed by atoms with Crippen LogP contribution in [-0.2, 0) is 32.5 Å². The lowest BCUT2D eigenvalue weighted by molar-refractivity contribution is 0.568. The van der Waals surface area contributed by atoms with Crippen LogP contribution in [-0.4, -0.2) is 29.9 Å². The number of rotatable bonds is 4. The van der Waals surface area contributed by atoms with Gasteiger partial charge in [0.25, 0.3) is 0 Å². The Bertz CT molecular complexity index is 3810. The van der Waals surface area contributed by atoms with Gasteiger partial charge in [-0.1, -0.05) is 197 Å². The average Bonchev–Trinajstić information content (AvgIpc) is 4.47. The molecule has 2 aliphatic heterocycles. The van der Waals surface area contributed by atoms with Crippen LogP contribution in [0.1, 0.15) is 192 Å². The Morgan fingerprint density at radius 3 is 0.886 bits per heavy atom. The predicted molar refractivity (Wildman–Crippen MR) is 337 cm³/mol. The summed E-state index contributed by atoms with van der Waals surface area (Å²) < 4.78 is 0. The zero-order valence-corrected chi connectivity index (χ0v) is 50.1. The molecule has 4 aromatic carbocycles. The molecule has 6 heteroatoms. The first kappa shape index (κ1) is 54.6. The van der Waals surface area contributed by atoms with Gasteiger partial charge < -0.3 is 15.0 Å². The molecule has 2 aliphatic rings. The molecule has 0 unspecified atom stereocenters. The fraction of sp³-hybridized carbons (Fsp3) is 0.329. The molecule has 402 valence electrons. The summed E-state index contributed by atoms with van der Waals surface area (Å²) in [6.07, 6.45) is 12.4. The maximum atomic E-state index is 5.82. The van der Waals surface area contributed by atoms with Crippen molar-refractivity contribution in [3.05, 3.63) is 183 Å². The Morgan fingerprint density at radius 2 is 0.620 bits per heavy atom. The average molecular weight is 1040 g/mol. The number of aromatic amines is 3. The van der Waals surface area contributed by atoms with E-state index >= 15 is 0 Å². The minimum atomic E-state index is -0.107. The Balaban J connectivity index is 1.40. The van der Waals surface area contributed by atoms with Gasteiger partial charge in [0.1, 0.15) is 0 Å². The minimum absolute atomic E-state index is 0.104. The van der Waals surface area contributed by atoms with E-state index in [2.05, 4.69) is 284 Å². The number of nitrogens with zero attached hydrogens (tertiary/aromatic N) is 3. The van der Waals surface area contributed by atoms with Gasteiger partial charge in [0, 0.05) is 62.3 Å². The molecular weight excluding hydrogens is 961 g/mol. The summed E-state index contributed by atoms with van der Waals surface area (Å²) in [5.41, 5.74) is 23.8. The van der Waals surface area contributed by atoms with Crippen molar-refractivity contribution in [2.75, 3.05) is 0 Å². The molecule has 0 radical (unpaired) electrons. The molecule has 0 aliphatic carbocycles. The van der Waals surface area contributed by atoms with Crippen LogP contribution in [0.4, 0.5) is 0 Å². The molecule has 0 fully saturated rings. The van der Waals surface area contributed by atoms with Crippen LogP contribution in [0, 0.1) is 11.8 Å². The smallest absolute Gasteiger partial charge is 0.182 e. The van der Waals surface area contributed by atoms with E-state index in [9.17, 15) is 0 Å². The quantitative estimate of drug-likeness (QED) is 0.154. The van der Waals surface area contributed by atoms with Gasteiger partial charge in [0.05, 0.1) is 22.8 Å². The van der Waals surface area contributed by atoms with Crippen molar-refractivity contribution in [3.63, 3.8) is 0 Å². The van der Waals surface area contributed by atoms with E-state index in [0.717, 1.165) is 94.9 Å². The van der Waals surface area contributed by atoms with Crippen molar-refractivity contribution < 1.29 is 0 Å². The van der Waals surface area contributed by atoms with Crippen LogP contribution < -0.4 is 0 Å². The highest BCUT2D eigenvalue weighted by molar-refractivity contribution is 6.00. The molecule has 8 aromatic rings. The van der Waals surface area contributed by atoms with Crippen LogP contribution >= 0.6 is 0 Å². The van der Waals surface area contributed by atoms with Gasteiger partial charge >= 0.3 is 0 Å². The van der Waals surface area contributed by atoms with Crippen molar-refractivity contribution in [1.82, 2.24) is 29.9 Å². The fourth-order valence-corrected chi connectivity index (χ4v) is 10.5. The highest BCUT2D eigenvalue weighted by Gasteiger charge is 2.28. The third kappa shape index (κ3) is 11.3. The van der Waals surface area contributed by atoms with Gasteiger partial charge in [-0.15, -0.1) is 0 Å². The number of imidazole rings is 1. The molecule has 6 heterocycles. The molecule has 0 amide bonds. The second-order valence-corrected chi connectivity index (χ2v) is 28.2. The summed E-state index contributed by atoms with van der Waals surface area (Å²) in [6, 6.07) is 39.0. The second-order valence-electron chi connectivity index (χ2n) is 28.2. The summed E-state index contributed by atoms with van der Waals surface area (Å²) in [6.45, 7) is 41.6. The number of aromatic nitrogens is 6. The number of nitrogens with one attached hydrogen (secondary N) is 3. The van der Waals surface area contributed by atoms with Crippen molar-refractivity contribution >= 4 is 46.4 Å². The third-order valence-corrected chi connectivity index (χ3v) is 15.6. The van der Waals surface area contributed by atoms with Crippen LogP contribution in [0.15, 0.2) is 116 Å². The van der Waals surface area contributed by atoms with Gasteiger partial charge in [-0.05, 0) is 155 Å². The van der Waals surface area contributed by atoms with Crippen LogP contribution in [0.25, 0.3) is 90.9 Å². The highest BCUT2D eigenvalue weighted by atomic mass is 14.9. The minimum Gasteiger partial charge on any atom is -0.354 e. The molecule has 0 spiro atoms. The van der Waals surface area contributed by atoms with E-state index in [1.807, 2.05) is 0 Å². The largest absolute Gasteiger partial charge is 0.354 e. The molecule has 79 heavy (non-hydrogen) atoms. The van der Waals surface area contributed by atoms with E-state index in [1.54, 1.807) is 12.4 Å². The summed E-state index contributed by atoms with van der Waals surface area (Å²) in [4.78, 5) is 27.1. The molecular formula is C73H80N6. The van der Waals surface area contributed by atoms with E-state index in [1.165, 1.54) is 33.4 Å². The van der Waals surface area contributed by atoms with Crippen LogP contribution in [0.5, 0.6) is 0 Å². The fourth-order valence-electron chi connectivity index (χ4n) is 10.5. The highest BCUT2D eigenvalue weighted by Crippen LogP contribution is 2.44. The van der Waals surface area contributed by atoms with E-state index in [0.29, 0.717) is 5.82 Å². The lowest BCUT2D eigenvalue weighted by Crippen LogP contribution is -2.16. The number of fused-ring (bicyclic) bond motifs is 8. The summed E-state index contributed by atoms with van der Waals surface area (Å²) >= 11 is 0. The summed E-state index contributed by atoms with van der Waals surface area (Å²) in [5.74, 6) is 7.11. The van der Waals surface area contributed by atoms with Gasteiger partial charge in [-0.25, -0.2) is 15.0 Å². The van der Waals surface area contributed by atoms with E-state index < -0.39 is 0 Å². The van der Waals surface area contributed by atoms with Crippen molar-refractivity contribution in [1.29, 1.82) is 0 Å². The monoisotopic (exact) mass is 1040 g/mol. The number of hydrogen-bond donors (Lipinski definition) is 3. The lowest BCUT2D eigenvalue weighted by Gasteiger charge is -2.26. The number of H-pyrrole nitrogens is 3. The Morgan fingerprint density at radius 1 is 0.329 bits per heavy atom. The Labute approximate surface area is 470 Å². The molecule has 6 nitrogen and oxygen atoms in total. The molecule has 3 N–H and O–H groups in total. The molecule has 10 rings (SSSR count). The maximum absolute atomic E-state index is 5.82. The van der Waals surface area contributed by atoms with Crippen LogP contribution in [0.2, 0.25) is 0 Å². The van der Waals surface area contributed by atoms with E-state index in [-0.39, 0.29) is 32.5 Å². The first-order valence-corrected chi connectivity index (χ1v) is 28.2. The molecule has 0 atom stereocenters. The van der Waals surface area contributed by atoms with Crippen molar-refractivity contribution in [2.24, 2.45) is 0 Å². The summed E-state index contributed by atoms with van der Waals surface area (Å²) in [7, 11) is 0. The molecule has 0 saturated heterocycles. The van der Waals surface area contributed by atoms with Gasteiger partial charge in [0.15, 0.2) is 5.82 Å². The standard InChI is InChI=1S/C73H80N6/c1-68(2,3)49-35-46(36-50(41-49)69(4,5)6)65-57-26-24-55(76-57)64(45-22-19-44(20-23-45)21-32-63-74-33-34-75-63)56-25-27-58(77-56)66(47-37-51(70(7,8)9)42-52(38-47)71(10,11)12)60-29-31-62(79-60)67(61-30-28-59(65)78-61)48-39-53(72(13,14)15)43-54(40-48)73(16,17)18/h19-20,22-31,33-43,76,79H,1-18H3,(H,74,75). The third-order valence-electron chi connectivity index (χ3n) is 15.6. The van der Waals surface area contributed by atoms with E-state index in [4.69, 9.17) is 9.97 Å². The van der Waals surface area contributed by atoms with Gasteiger partial charge in [-0.3, -0.25) is 0 Å². The SMILES string of the molecule is CC(C)(C)c1cc(-c2c3nc(c(-c4cc(C(C)(C)C)cc(C(C)(C)C)c4)c4ccc([nH]4)c(-c4cc(C(C)(C)C)cc(C(C)(C)C)c4)c4nc(c(-c5ccc(C#Cc6ncc[nH]6)cc5)c5ccc2[nH]5)C=C4)C=C3)cc(C(C)(C)C)c1. The molecule has 4 aromatic heterocycles. The lowest BCUT2D eigenvalue weighted by atomic mass is 9.78. The number of hydrogen-bond acceptors (Lipinski definition) is 3. The van der Waals surface area contributed by atoms with Gasteiger partial charge in [0.2, 0.25) is 0 Å². The molecule has 0 saturated carbocycles. The second kappa shape index (κ2) is 19.6. The zero-order chi connectivity index (χ0) is 56.8. The predicted octanol–water partition coefficient (Wildman–Crippen LogP) is 19.2. The van der Waals surface area contributed by atoms with Crippen molar-refractivity contribution in [3.8, 4) is 56.3 Å². The van der Waals surface area contributed by atoms with Crippen LogP contribution in [0.3, 0.4) is 0 Å². The normalized spacial score (nSPS) is 13.2. The Hall–Kier alpha value is -7.75. The maximum Gasteiger partial charge on any atom is 0.182 e. The first-order chi connectivity index (χ1) is 36.9. The zero-order valence-electron chi connectivity index (χ0n) is 50.1. The topological polar surface area (TPSA) is 86.0 Å². The Kier molecular flexibility index (Phi) is 13.5. The summed E-state index contributed by atoms with van der Waals surface area (Å²) in [5, 5.41) is 0. The first-order valence-electron chi connectivity index (χ1n) is 28.2. The van der Waals surface area contributed by atoms with Crippen molar-refractivity contribution in [2.45, 2.75) is 157 Å². The number of benzene rings is 4. The molecule has 8 bridgehead atoms. The van der Waals surface area contributed by atoms with Gasteiger partial charge in [-0.2, -0.15) is 0 Å².